The Bertz CT molecular complexity index is 555. The van der Waals surface area contributed by atoms with E-state index in [-0.39, 0.29) is 0 Å². The van der Waals surface area contributed by atoms with E-state index in [4.69, 9.17) is 0 Å². The van der Waals surface area contributed by atoms with E-state index in [1.165, 1.54) is 19.3 Å². The third-order valence-corrected chi connectivity index (χ3v) is 6.84. The van der Waals surface area contributed by atoms with Gasteiger partial charge in [0.2, 0.25) is 11.0 Å². The number of carbonyl (C=O) groups excluding carboxylic acids is 1. The van der Waals surface area contributed by atoms with Gasteiger partial charge in [-0.05, 0) is 50.4 Å². The lowest BCUT2D eigenvalue weighted by molar-refractivity contribution is -0.131. The number of hydrogen-bond donors (Lipinski definition) is 0. The molecule has 3 aliphatic rings. The second-order valence-corrected chi connectivity index (χ2v) is 8.65. The normalized spacial score (nSPS) is 28.4. The number of nitrogens with zero attached hydrogens (tertiary/aromatic N) is 4. The molecule has 1 aliphatic carbocycles. The Kier molecular flexibility index (Phi) is 4.26. The summed E-state index contributed by atoms with van der Waals surface area (Å²) < 4.78 is 0. The molecule has 1 saturated carbocycles. The number of amides is 1. The van der Waals surface area contributed by atoms with E-state index in [0.717, 1.165) is 67.4 Å². The van der Waals surface area contributed by atoms with Crippen molar-refractivity contribution in [3.8, 4) is 0 Å². The Balaban J connectivity index is 1.25. The van der Waals surface area contributed by atoms with Gasteiger partial charge < -0.3 is 9.80 Å². The Morgan fingerprint density at radius 3 is 2.43 bits per heavy atom. The molecule has 2 atom stereocenters. The fraction of sp³-hybridized carbons (Fsp3) is 0.824. The number of carbonyl (C=O) groups is 1. The molecule has 0 spiro atoms. The summed E-state index contributed by atoms with van der Waals surface area (Å²) in [6.45, 7) is 6.09. The van der Waals surface area contributed by atoms with Gasteiger partial charge in [0, 0.05) is 32.6 Å². The summed E-state index contributed by atoms with van der Waals surface area (Å²) >= 11 is 1.67. The molecule has 1 aromatic rings. The number of anilines is 1. The van der Waals surface area contributed by atoms with Gasteiger partial charge in [-0.2, -0.15) is 0 Å². The van der Waals surface area contributed by atoms with Crippen molar-refractivity contribution < 1.29 is 4.79 Å². The van der Waals surface area contributed by atoms with Crippen LogP contribution in [0.5, 0.6) is 0 Å². The summed E-state index contributed by atoms with van der Waals surface area (Å²) in [5.74, 6) is 2.57. The molecule has 0 N–H and O–H groups in total. The highest BCUT2D eigenvalue weighted by atomic mass is 32.1. The highest BCUT2D eigenvalue weighted by molar-refractivity contribution is 7.15. The van der Waals surface area contributed by atoms with Crippen molar-refractivity contribution in [2.45, 2.75) is 45.4 Å². The van der Waals surface area contributed by atoms with E-state index < -0.39 is 0 Å². The fourth-order valence-electron chi connectivity index (χ4n) is 4.56. The monoisotopic (exact) mass is 334 g/mol. The number of hydrogen-bond acceptors (Lipinski definition) is 5. The minimum Gasteiger partial charge on any atom is -0.347 e. The van der Waals surface area contributed by atoms with Gasteiger partial charge in [0.1, 0.15) is 5.01 Å². The molecule has 0 radical (unpaired) electrons. The smallest absolute Gasteiger partial charge is 0.222 e. The van der Waals surface area contributed by atoms with Gasteiger partial charge in [-0.3, -0.25) is 4.79 Å². The molecular weight excluding hydrogens is 308 g/mol. The van der Waals surface area contributed by atoms with E-state index in [9.17, 15) is 4.79 Å². The lowest BCUT2D eigenvalue weighted by Gasteiger charge is -2.32. The molecule has 23 heavy (non-hydrogen) atoms. The van der Waals surface area contributed by atoms with Crippen LogP contribution in [0.15, 0.2) is 0 Å². The van der Waals surface area contributed by atoms with Crippen molar-refractivity contribution in [3.63, 3.8) is 0 Å². The van der Waals surface area contributed by atoms with E-state index in [2.05, 4.69) is 20.0 Å². The minimum absolute atomic E-state index is 0.407. The van der Waals surface area contributed by atoms with E-state index in [1.807, 2.05) is 6.92 Å². The van der Waals surface area contributed by atoms with Crippen molar-refractivity contribution in [1.82, 2.24) is 15.1 Å². The molecular formula is C17H26N4OS. The van der Waals surface area contributed by atoms with Crippen molar-refractivity contribution >= 4 is 22.4 Å². The first-order valence-electron chi connectivity index (χ1n) is 9.02. The van der Waals surface area contributed by atoms with Crippen molar-refractivity contribution in [2.24, 2.45) is 17.8 Å². The summed E-state index contributed by atoms with van der Waals surface area (Å²) in [4.78, 5) is 17.1. The Morgan fingerprint density at radius 2 is 1.83 bits per heavy atom. The number of likely N-dealkylation sites (tertiary alicyclic amines) is 1. The first kappa shape index (κ1) is 15.4. The molecule has 2 unspecified atom stereocenters. The first-order chi connectivity index (χ1) is 11.2. The molecule has 2 saturated heterocycles. The lowest BCUT2D eigenvalue weighted by Crippen LogP contribution is -2.37. The molecule has 2 aliphatic heterocycles. The van der Waals surface area contributed by atoms with Gasteiger partial charge in [0.15, 0.2) is 0 Å². The molecule has 3 heterocycles. The summed E-state index contributed by atoms with van der Waals surface area (Å²) in [6, 6.07) is 0. The van der Waals surface area contributed by atoms with Crippen LogP contribution in [0.3, 0.4) is 0 Å². The number of rotatable bonds is 3. The van der Waals surface area contributed by atoms with Gasteiger partial charge in [0.05, 0.1) is 0 Å². The van der Waals surface area contributed by atoms with Gasteiger partial charge in [-0.15, -0.1) is 10.2 Å². The van der Waals surface area contributed by atoms with Crippen LogP contribution in [0.1, 0.15) is 43.5 Å². The maximum absolute atomic E-state index is 12.6. The largest absolute Gasteiger partial charge is 0.347 e. The standard InChI is InChI=1S/C17H26N4OS/c1-12-18-19-17(23-12)20-7-5-13(6-8-20)9-16(22)21-10-14-3-2-4-15(14)11-21/h13-15H,2-11H2,1H3. The van der Waals surface area contributed by atoms with E-state index >= 15 is 0 Å². The SMILES string of the molecule is Cc1nnc(N2CCC(CC(=O)N3CC4CCCC4C3)CC2)s1. The maximum atomic E-state index is 12.6. The summed E-state index contributed by atoms with van der Waals surface area (Å²) in [6.07, 6.45) is 7.02. The van der Waals surface area contributed by atoms with Crippen LogP contribution in [0, 0.1) is 24.7 Å². The quantitative estimate of drug-likeness (QED) is 0.853. The van der Waals surface area contributed by atoms with Gasteiger partial charge in [-0.1, -0.05) is 17.8 Å². The summed E-state index contributed by atoms with van der Waals surface area (Å²) in [5.41, 5.74) is 0. The van der Waals surface area contributed by atoms with Crippen molar-refractivity contribution in [2.75, 3.05) is 31.1 Å². The topological polar surface area (TPSA) is 49.3 Å². The van der Waals surface area contributed by atoms with E-state index in [1.54, 1.807) is 11.3 Å². The number of aryl methyl sites for hydroxylation is 1. The van der Waals surface area contributed by atoms with Crippen LogP contribution in [-0.4, -0.2) is 47.2 Å². The first-order valence-corrected chi connectivity index (χ1v) is 9.83. The van der Waals surface area contributed by atoms with Gasteiger partial charge >= 0.3 is 0 Å². The summed E-state index contributed by atoms with van der Waals surface area (Å²) in [7, 11) is 0. The number of aromatic nitrogens is 2. The van der Waals surface area contributed by atoms with Crippen LogP contribution < -0.4 is 4.90 Å². The second kappa shape index (κ2) is 6.38. The summed E-state index contributed by atoms with van der Waals surface area (Å²) in [5, 5.41) is 10.4. The van der Waals surface area contributed by atoms with Crippen LogP contribution in [0.4, 0.5) is 5.13 Å². The molecule has 0 bridgehead atoms. The van der Waals surface area contributed by atoms with Crippen LogP contribution in [0.2, 0.25) is 0 Å². The van der Waals surface area contributed by atoms with Gasteiger partial charge in [-0.25, -0.2) is 0 Å². The highest BCUT2D eigenvalue weighted by Gasteiger charge is 2.38. The zero-order valence-electron chi connectivity index (χ0n) is 13.9. The molecule has 4 rings (SSSR count). The zero-order valence-corrected chi connectivity index (χ0v) is 14.7. The highest BCUT2D eigenvalue weighted by Crippen LogP contribution is 2.38. The fourth-order valence-corrected chi connectivity index (χ4v) is 5.30. The Labute approximate surface area is 142 Å². The molecule has 0 aromatic carbocycles. The Hall–Kier alpha value is -1.17. The van der Waals surface area contributed by atoms with Crippen LogP contribution in [-0.2, 0) is 4.79 Å². The van der Waals surface area contributed by atoms with Crippen molar-refractivity contribution in [3.05, 3.63) is 5.01 Å². The molecule has 3 fully saturated rings. The molecule has 126 valence electrons. The van der Waals surface area contributed by atoms with Gasteiger partial charge in [0.25, 0.3) is 0 Å². The maximum Gasteiger partial charge on any atom is 0.222 e. The molecule has 1 amide bonds. The molecule has 6 heteroatoms. The molecule has 1 aromatic heterocycles. The lowest BCUT2D eigenvalue weighted by atomic mass is 9.93. The van der Waals surface area contributed by atoms with E-state index in [0.29, 0.717) is 11.8 Å². The third-order valence-electron chi connectivity index (χ3n) is 5.94. The predicted molar refractivity (Wildman–Crippen MR) is 91.6 cm³/mol. The number of piperidine rings is 1. The minimum atomic E-state index is 0.407. The average Bonchev–Trinajstić information content (AvgIpc) is 3.23. The van der Waals surface area contributed by atoms with Crippen LogP contribution >= 0.6 is 11.3 Å². The zero-order chi connectivity index (χ0) is 15.8. The second-order valence-electron chi connectivity index (χ2n) is 7.49. The number of fused-ring (bicyclic) bond motifs is 1. The van der Waals surface area contributed by atoms with Crippen LogP contribution in [0.25, 0.3) is 0 Å². The average molecular weight is 334 g/mol. The molecule has 5 nitrogen and oxygen atoms in total. The Morgan fingerprint density at radius 1 is 1.13 bits per heavy atom. The van der Waals surface area contributed by atoms with Crippen molar-refractivity contribution in [1.29, 1.82) is 0 Å². The predicted octanol–water partition coefficient (Wildman–Crippen LogP) is 2.71. The third kappa shape index (κ3) is 3.23.